The lowest BCUT2D eigenvalue weighted by atomic mass is 9.69. The van der Waals surface area contributed by atoms with E-state index in [0.29, 0.717) is 0 Å². The summed E-state index contributed by atoms with van der Waals surface area (Å²) in [4.78, 5) is 0. The van der Waals surface area contributed by atoms with Crippen LogP contribution in [-0.2, 0) is 9.31 Å². The van der Waals surface area contributed by atoms with Crippen LogP contribution in [0.5, 0.6) is 0 Å². The summed E-state index contributed by atoms with van der Waals surface area (Å²) in [6, 6.07) is 0. The zero-order chi connectivity index (χ0) is 13.6. The maximum absolute atomic E-state index is 12.5. The third-order valence-corrected chi connectivity index (χ3v) is 3.59. The van der Waals surface area contributed by atoms with Crippen LogP contribution in [0.25, 0.3) is 0 Å². The summed E-state index contributed by atoms with van der Waals surface area (Å²) in [7, 11) is -0.908. The predicted octanol–water partition coefficient (Wildman–Crippen LogP) is 3.59. The van der Waals surface area contributed by atoms with Crippen molar-refractivity contribution in [3.8, 4) is 0 Å². The van der Waals surface area contributed by atoms with Gasteiger partial charge in [-0.05, 0) is 27.7 Å². The molecule has 0 N–H and O–H groups in total. The molecule has 1 fully saturated rings. The summed E-state index contributed by atoms with van der Waals surface area (Å²) < 4.78 is 48.7. The molecule has 1 atom stereocenters. The molecule has 1 heterocycles. The average Bonchev–Trinajstić information content (AvgIpc) is 2.32. The van der Waals surface area contributed by atoms with E-state index in [1.54, 1.807) is 27.7 Å². The highest BCUT2D eigenvalue weighted by Crippen LogP contribution is 2.44. The molecule has 0 saturated carbocycles. The molecule has 17 heavy (non-hydrogen) atoms. The number of hydrogen-bond donors (Lipinski definition) is 0. The summed E-state index contributed by atoms with van der Waals surface area (Å²) >= 11 is 0. The van der Waals surface area contributed by atoms with Gasteiger partial charge in [-0.25, -0.2) is 0 Å². The Morgan fingerprint density at radius 2 is 1.47 bits per heavy atom. The van der Waals surface area contributed by atoms with Crippen molar-refractivity contribution in [3.63, 3.8) is 0 Å². The Bertz CT molecular complexity index is 307. The Labute approximate surface area is 100 Å². The molecular weight excluding hydrogens is 232 g/mol. The quantitative estimate of drug-likeness (QED) is 0.550. The summed E-state index contributed by atoms with van der Waals surface area (Å²) in [6.07, 6.45) is -4.41. The first-order chi connectivity index (χ1) is 7.38. The van der Waals surface area contributed by atoms with E-state index in [1.165, 1.54) is 6.92 Å². The van der Waals surface area contributed by atoms with E-state index in [-0.39, 0.29) is 0 Å². The zero-order valence-electron chi connectivity index (χ0n) is 10.8. The molecule has 0 bridgehead atoms. The van der Waals surface area contributed by atoms with Gasteiger partial charge < -0.3 is 9.31 Å². The van der Waals surface area contributed by atoms with Gasteiger partial charge in [-0.3, -0.25) is 0 Å². The Morgan fingerprint density at radius 1 is 1.12 bits per heavy atom. The molecule has 1 aliphatic heterocycles. The Kier molecular flexibility index (Phi) is 3.45. The van der Waals surface area contributed by atoms with Gasteiger partial charge in [0.05, 0.1) is 11.2 Å². The van der Waals surface area contributed by atoms with Gasteiger partial charge in [0.15, 0.2) is 0 Å². The van der Waals surface area contributed by atoms with Crippen molar-refractivity contribution >= 4 is 7.12 Å². The van der Waals surface area contributed by atoms with Crippen LogP contribution in [0.1, 0.15) is 34.6 Å². The van der Waals surface area contributed by atoms with E-state index in [9.17, 15) is 13.2 Å². The van der Waals surface area contributed by atoms with E-state index in [1.807, 2.05) is 0 Å². The topological polar surface area (TPSA) is 18.5 Å². The molecule has 0 amide bonds. The molecule has 1 aliphatic rings. The van der Waals surface area contributed by atoms with Gasteiger partial charge in [0.25, 0.3) is 0 Å². The molecule has 6 heteroatoms. The molecule has 1 unspecified atom stereocenters. The van der Waals surface area contributed by atoms with Crippen molar-refractivity contribution in [2.75, 3.05) is 0 Å². The Morgan fingerprint density at radius 3 is 1.76 bits per heavy atom. The van der Waals surface area contributed by atoms with E-state index in [4.69, 9.17) is 9.31 Å². The number of allylic oxidation sites excluding steroid dienone is 1. The fourth-order valence-corrected chi connectivity index (χ4v) is 1.52. The van der Waals surface area contributed by atoms with Crippen LogP contribution >= 0.6 is 0 Å². The summed E-state index contributed by atoms with van der Waals surface area (Å²) in [6.45, 7) is 11.7. The highest BCUT2D eigenvalue weighted by atomic mass is 19.4. The van der Waals surface area contributed by atoms with Gasteiger partial charge in [0.2, 0.25) is 0 Å². The van der Waals surface area contributed by atoms with Gasteiger partial charge in [0, 0.05) is 11.4 Å². The Hall–Kier alpha value is -0.485. The lowest BCUT2D eigenvalue weighted by molar-refractivity contribution is -0.0938. The molecule has 0 radical (unpaired) electrons. The molecule has 98 valence electrons. The highest BCUT2D eigenvalue weighted by Gasteiger charge is 2.55. The van der Waals surface area contributed by atoms with Crippen molar-refractivity contribution < 1.29 is 22.5 Å². The second-order valence-corrected chi connectivity index (χ2v) is 5.44. The van der Waals surface area contributed by atoms with E-state index < -0.39 is 35.9 Å². The summed E-state index contributed by atoms with van der Waals surface area (Å²) in [5.41, 5.74) is -2.08. The van der Waals surface area contributed by atoms with Crippen LogP contribution in [0.3, 0.4) is 0 Å². The van der Waals surface area contributed by atoms with Crippen LogP contribution in [0.4, 0.5) is 13.2 Å². The number of hydrogen-bond acceptors (Lipinski definition) is 2. The summed E-state index contributed by atoms with van der Waals surface area (Å²) in [5, 5.41) is 0. The fourth-order valence-electron chi connectivity index (χ4n) is 1.52. The molecule has 0 aromatic rings. The number of rotatable bonds is 2. The summed E-state index contributed by atoms with van der Waals surface area (Å²) in [5.74, 6) is -0.920. The SMILES string of the molecule is C=C(C(C)B1OC(C)(C)C(C)(C)O1)C(F)(F)F. The van der Waals surface area contributed by atoms with E-state index >= 15 is 0 Å². The van der Waals surface area contributed by atoms with Crippen LogP contribution in [0, 0.1) is 0 Å². The first kappa shape index (κ1) is 14.6. The molecule has 0 spiro atoms. The standard InChI is InChI=1S/C11H18BF3O2/c1-7(11(13,14)15)8(2)12-16-9(3,4)10(5,6)17-12/h8H,1H2,2-6H3. The monoisotopic (exact) mass is 250 g/mol. The smallest absolute Gasteiger partial charge is 0.403 e. The second kappa shape index (κ2) is 4.02. The molecule has 1 rings (SSSR count). The lowest BCUT2D eigenvalue weighted by Crippen LogP contribution is -2.41. The largest absolute Gasteiger partial charge is 0.465 e. The van der Waals surface area contributed by atoms with Gasteiger partial charge in [0.1, 0.15) is 0 Å². The van der Waals surface area contributed by atoms with Gasteiger partial charge in [-0.2, -0.15) is 13.2 Å². The third-order valence-electron chi connectivity index (χ3n) is 3.59. The number of halogens is 3. The first-order valence-corrected chi connectivity index (χ1v) is 5.50. The van der Waals surface area contributed by atoms with E-state index in [0.717, 1.165) is 0 Å². The van der Waals surface area contributed by atoms with Crippen molar-refractivity contribution in [2.24, 2.45) is 0 Å². The minimum atomic E-state index is -4.41. The normalized spacial score (nSPS) is 24.8. The third kappa shape index (κ3) is 2.68. The second-order valence-electron chi connectivity index (χ2n) is 5.44. The van der Waals surface area contributed by atoms with Crippen LogP contribution < -0.4 is 0 Å². The van der Waals surface area contributed by atoms with Gasteiger partial charge in [-0.1, -0.05) is 13.5 Å². The van der Waals surface area contributed by atoms with Crippen LogP contribution in [-0.4, -0.2) is 24.5 Å². The Balaban J connectivity index is 2.82. The highest BCUT2D eigenvalue weighted by molar-refractivity contribution is 6.48. The van der Waals surface area contributed by atoms with Gasteiger partial charge >= 0.3 is 13.3 Å². The molecule has 2 nitrogen and oxygen atoms in total. The van der Waals surface area contributed by atoms with E-state index in [2.05, 4.69) is 6.58 Å². The van der Waals surface area contributed by atoms with Crippen LogP contribution in [0.2, 0.25) is 5.82 Å². The maximum Gasteiger partial charge on any atom is 0.465 e. The van der Waals surface area contributed by atoms with Crippen molar-refractivity contribution in [1.82, 2.24) is 0 Å². The number of alkyl halides is 3. The maximum atomic E-state index is 12.5. The molecule has 0 aliphatic carbocycles. The zero-order valence-corrected chi connectivity index (χ0v) is 10.8. The fraction of sp³-hybridized carbons (Fsp3) is 0.818. The molecule has 1 saturated heterocycles. The van der Waals surface area contributed by atoms with Crippen molar-refractivity contribution in [1.29, 1.82) is 0 Å². The minimum absolute atomic E-state index is 0.627. The van der Waals surface area contributed by atoms with Crippen molar-refractivity contribution in [2.45, 2.75) is 57.8 Å². The van der Waals surface area contributed by atoms with Gasteiger partial charge in [-0.15, -0.1) is 0 Å². The lowest BCUT2D eigenvalue weighted by Gasteiger charge is -2.32. The molecule has 0 aromatic heterocycles. The molecular formula is C11H18BF3O2. The average molecular weight is 250 g/mol. The molecule has 0 aromatic carbocycles. The minimum Gasteiger partial charge on any atom is -0.403 e. The first-order valence-electron chi connectivity index (χ1n) is 5.50. The van der Waals surface area contributed by atoms with Crippen LogP contribution in [0.15, 0.2) is 12.2 Å². The predicted molar refractivity (Wildman–Crippen MR) is 60.7 cm³/mol. The van der Waals surface area contributed by atoms with Crippen molar-refractivity contribution in [3.05, 3.63) is 12.2 Å².